The molecule has 110 valence electrons. The number of amides is 1. The number of carbonyl (C=O) groups excluding carboxylic acids is 1. The zero-order valence-corrected chi connectivity index (χ0v) is 11.6. The van der Waals surface area contributed by atoms with Gasteiger partial charge in [0.15, 0.2) is 0 Å². The lowest BCUT2D eigenvalue weighted by Gasteiger charge is -2.17. The molecule has 5 nitrogen and oxygen atoms in total. The number of furan rings is 1. The van der Waals surface area contributed by atoms with Crippen LogP contribution in [0.2, 0.25) is 0 Å². The molecule has 1 aromatic heterocycles. The Labute approximate surface area is 118 Å². The van der Waals surface area contributed by atoms with Gasteiger partial charge in [0.25, 0.3) is 0 Å². The molecule has 0 aromatic carbocycles. The number of carbonyl (C=O) groups is 1. The minimum atomic E-state index is 0.0667. The Morgan fingerprint density at radius 1 is 1.45 bits per heavy atom. The topological polar surface area (TPSA) is 51.9 Å². The molecule has 2 unspecified atom stereocenters. The normalized spacial score (nSPS) is 26.3. The minimum absolute atomic E-state index is 0.0667. The van der Waals surface area contributed by atoms with Crippen LogP contribution >= 0.6 is 0 Å². The van der Waals surface area contributed by atoms with Crippen LogP contribution in [0.5, 0.6) is 0 Å². The second-order valence-corrected chi connectivity index (χ2v) is 5.49. The van der Waals surface area contributed by atoms with Crippen LogP contribution in [0, 0.1) is 0 Å². The third-order valence-corrected chi connectivity index (χ3v) is 4.04. The van der Waals surface area contributed by atoms with Crippen molar-refractivity contribution < 1.29 is 18.7 Å². The number of ether oxygens (including phenoxy) is 2. The van der Waals surface area contributed by atoms with Gasteiger partial charge < -0.3 is 18.8 Å². The number of nitrogens with zero attached hydrogens (tertiary/aromatic N) is 1. The molecular weight excluding hydrogens is 258 g/mol. The third kappa shape index (κ3) is 3.22. The second kappa shape index (κ2) is 6.41. The molecule has 1 amide bonds. The van der Waals surface area contributed by atoms with Crippen molar-refractivity contribution in [1.82, 2.24) is 4.90 Å². The standard InChI is InChI=1S/C15H21NO4/c17-15(11-18-10-13-3-1-7-19-13)16-6-5-12(9-16)14-4-2-8-20-14/h2,4,8,12-13H,1,3,5-7,9-11H2. The van der Waals surface area contributed by atoms with Crippen molar-refractivity contribution >= 4 is 5.91 Å². The van der Waals surface area contributed by atoms with Gasteiger partial charge in [0, 0.05) is 25.6 Å². The van der Waals surface area contributed by atoms with Gasteiger partial charge in [-0.2, -0.15) is 0 Å². The number of rotatable bonds is 5. The maximum absolute atomic E-state index is 12.1. The Morgan fingerprint density at radius 3 is 3.15 bits per heavy atom. The maximum Gasteiger partial charge on any atom is 0.248 e. The molecule has 2 aliphatic rings. The zero-order chi connectivity index (χ0) is 13.8. The zero-order valence-electron chi connectivity index (χ0n) is 11.6. The molecule has 3 heterocycles. The SMILES string of the molecule is O=C(COCC1CCCO1)N1CCC(c2ccco2)C1. The predicted molar refractivity (Wildman–Crippen MR) is 72.4 cm³/mol. The van der Waals surface area contributed by atoms with Gasteiger partial charge in [0.1, 0.15) is 12.4 Å². The summed E-state index contributed by atoms with van der Waals surface area (Å²) in [5.41, 5.74) is 0. The van der Waals surface area contributed by atoms with Crippen LogP contribution in [0.4, 0.5) is 0 Å². The highest BCUT2D eigenvalue weighted by Crippen LogP contribution is 2.27. The van der Waals surface area contributed by atoms with Gasteiger partial charge in [-0.3, -0.25) is 4.79 Å². The highest BCUT2D eigenvalue weighted by Gasteiger charge is 2.29. The highest BCUT2D eigenvalue weighted by molar-refractivity contribution is 5.77. The van der Waals surface area contributed by atoms with Gasteiger partial charge in [-0.25, -0.2) is 0 Å². The summed E-state index contributed by atoms with van der Waals surface area (Å²) in [6, 6.07) is 3.87. The summed E-state index contributed by atoms with van der Waals surface area (Å²) in [5, 5.41) is 0. The van der Waals surface area contributed by atoms with Crippen molar-refractivity contribution in [3.63, 3.8) is 0 Å². The lowest BCUT2D eigenvalue weighted by molar-refractivity contribution is -0.136. The Balaban J connectivity index is 1.39. The first kappa shape index (κ1) is 13.6. The van der Waals surface area contributed by atoms with Gasteiger partial charge in [-0.1, -0.05) is 0 Å². The van der Waals surface area contributed by atoms with Crippen LogP contribution in [-0.4, -0.2) is 49.8 Å². The average molecular weight is 279 g/mol. The largest absolute Gasteiger partial charge is 0.469 e. The lowest BCUT2D eigenvalue weighted by atomic mass is 10.1. The van der Waals surface area contributed by atoms with E-state index in [0.717, 1.165) is 44.7 Å². The quantitative estimate of drug-likeness (QED) is 0.824. The number of hydrogen-bond acceptors (Lipinski definition) is 4. The Hall–Kier alpha value is -1.33. The molecule has 0 radical (unpaired) electrons. The molecule has 0 saturated carbocycles. The smallest absolute Gasteiger partial charge is 0.248 e. The monoisotopic (exact) mass is 279 g/mol. The predicted octanol–water partition coefficient (Wildman–Crippen LogP) is 1.79. The van der Waals surface area contributed by atoms with Crippen molar-refractivity contribution in [2.75, 3.05) is 32.9 Å². The molecule has 0 spiro atoms. The Morgan fingerprint density at radius 2 is 2.40 bits per heavy atom. The molecule has 2 saturated heterocycles. The van der Waals surface area contributed by atoms with Gasteiger partial charge in [-0.05, 0) is 31.4 Å². The van der Waals surface area contributed by atoms with E-state index in [4.69, 9.17) is 13.9 Å². The summed E-state index contributed by atoms with van der Waals surface area (Å²) in [7, 11) is 0. The first-order chi connectivity index (χ1) is 9.83. The van der Waals surface area contributed by atoms with E-state index in [-0.39, 0.29) is 18.6 Å². The second-order valence-electron chi connectivity index (χ2n) is 5.49. The van der Waals surface area contributed by atoms with Crippen molar-refractivity contribution in [3.05, 3.63) is 24.2 Å². The van der Waals surface area contributed by atoms with Crippen LogP contribution in [-0.2, 0) is 14.3 Å². The molecule has 1 aromatic rings. The van der Waals surface area contributed by atoms with E-state index in [1.165, 1.54) is 0 Å². The molecule has 5 heteroatoms. The summed E-state index contributed by atoms with van der Waals surface area (Å²) in [5.74, 6) is 1.37. The van der Waals surface area contributed by atoms with Gasteiger partial charge in [-0.15, -0.1) is 0 Å². The van der Waals surface area contributed by atoms with Crippen LogP contribution < -0.4 is 0 Å². The average Bonchev–Trinajstić information content (AvgIpc) is 3.20. The minimum Gasteiger partial charge on any atom is -0.469 e. The first-order valence-electron chi connectivity index (χ1n) is 7.33. The molecular formula is C15H21NO4. The van der Waals surface area contributed by atoms with E-state index < -0.39 is 0 Å². The van der Waals surface area contributed by atoms with Crippen LogP contribution in [0.25, 0.3) is 0 Å². The Kier molecular flexibility index (Phi) is 4.38. The van der Waals surface area contributed by atoms with Crippen molar-refractivity contribution in [2.24, 2.45) is 0 Å². The highest BCUT2D eigenvalue weighted by atomic mass is 16.5. The Bertz CT molecular complexity index is 425. The fourth-order valence-electron chi connectivity index (χ4n) is 2.89. The molecule has 0 N–H and O–H groups in total. The molecule has 20 heavy (non-hydrogen) atoms. The molecule has 0 bridgehead atoms. The van der Waals surface area contributed by atoms with Crippen LogP contribution in [0.3, 0.4) is 0 Å². The summed E-state index contributed by atoms with van der Waals surface area (Å²) < 4.78 is 16.4. The summed E-state index contributed by atoms with van der Waals surface area (Å²) in [6.45, 7) is 3.02. The van der Waals surface area contributed by atoms with Gasteiger partial charge in [0.2, 0.25) is 5.91 Å². The van der Waals surface area contributed by atoms with E-state index in [1.807, 2.05) is 17.0 Å². The molecule has 2 aliphatic heterocycles. The summed E-state index contributed by atoms with van der Waals surface area (Å²) in [6.07, 6.45) is 4.96. The maximum atomic E-state index is 12.1. The first-order valence-corrected chi connectivity index (χ1v) is 7.33. The van der Waals surface area contributed by atoms with Crippen molar-refractivity contribution in [3.8, 4) is 0 Å². The lowest BCUT2D eigenvalue weighted by Crippen LogP contribution is -2.32. The third-order valence-electron chi connectivity index (χ3n) is 4.04. The molecule has 2 atom stereocenters. The fourth-order valence-corrected chi connectivity index (χ4v) is 2.89. The van der Waals surface area contributed by atoms with E-state index in [0.29, 0.717) is 12.5 Å². The van der Waals surface area contributed by atoms with Crippen LogP contribution in [0.1, 0.15) is 30.9 Å². The number of hydrogen-bond donors (Lipinski definition) is 0. The van der Waals surface area contributed by atoms with Gasteiger partial charge >= 0.3 is 0 Å². The summed E-state index contributed by atoms with van der Waals surface area (Å²) in [4.78, 5) is 13.9. The van der Waals surface area contributed by atoms with E-state index in [2.05, 4.69) is 0 Å². The van der Waals surface area contributed by atoms with E-state index in [9.17, 15) is 4.79 Å². The van der Waals surface area contributed by atoms with E-state index >= 15 is 0 Å². The fraction of sp³-hybridized carbons (Fsp3) is 0.667. The van der Waals surface area contributed by atoms with E-state index in [1.54, 1.807) is 6.26 Å². The molecule has 3 rings (SSSR count). The molecule has 0 aliphatic carbocycles. The van der Waals surface area contributed by atoms with Crippen molar-refractivity contribution in [2.45, 2.75) is 31.3 Å². The number of likely N-dealkylation sites (tertiary alicyclic amines) is 1. The summed E-state index contributed by atoms with van der Waals surface area (Å²) >= 11 is 0. The van der Waals surface area contributed by atoms with Crippen LogP contribution in [0.15, 0.2) is 22.8 Å². The van der Waals surface area contributed by atoms with Gasteiger partial charge in [0.05, 0.1) is 19.0 Å². The molecule has 2 fully saturated rings. The van der Waals surface area contributed by atoms with Crippen molar-refractivity contribution in [1.29, 1.82) is 0 Å².